The number of carboxylic acid groups (broad SMARTS) is 2. The number of ether oxygens (including phenoxy) is 1. The highest BCUT2D eigenvalue weighted by molar-refractivity contribution is 5.95. The minimum absolute atomic E-state index is 0.0985. The van der Waals surface area contributed by atoms with Crippen LogP contribution in [0.15, 0.2) is 10.6 Å². The molecular weight excluding hydrogens is 272 g/mol. The summed E-state index contributed by atoms with van der Waals surface area (Å²) in [5.74, 6) is -2.90. The maximum Gasteiger partial charge on any atom is 0.326 e. The summed E-state index contributed by atoms with van der Waals surface area (Å²) in [6.45, 7) is 0.127. The van der Waals surface area contributed by atoms with Crippen LogP contribution in [0.2, 0.25) is 0 Å². The highest BCUT2D eigenvalue weighted by atomic mass is 16.5. The molecule has 0 saturated heterocycles. The van der Waals surface area contributed by atoms with Gasteiger partial charge in [-0.2, -0.15) is 0 Å². The molecule has 0 fully saturated rings. The van der Waals surface area contributed by atoms with Gasteiger partial charge in [-0.3, -0.25) is 9.59 Å². The number of rotatable bonds is 8. The van der Waals surface area contributed by atoms with Gasteiger partial charge in [0.1, 0.15) is 12.6 Å². The molecule has 0 bridgehead atoms. The highest BCUT2D eigenvalue weighted by Gasteiger charge is 2.23. The summed E-state index contributed by atoms with van der Waals surface area (Å²) >= 11 is 0. The van der Waals surface area contributed by atoms with Gasteiger partial charge < -0.3 is 24.8 Å². The van der Waals surface area contributed by atoms with Crippen molar-refractivity contribution in [3.63, 3.8) is 0 Å². The molecule has 0 saturated carbocycles. The summed E-state index contributed by atoms with van der Waals surface area (Å²) in [4.78, 5) is 33.1. The molecule has 1 amide bonds. The van der Waals surface area contributed by atoms with E-state index in [0.717, 1.165) is 0 Å². The lowest BCUT2D eigenvalue weighted by atomic mass is 10.1. The lowest BCUT2D eigenvalue weighted by molar-refractivity contribution is -0.140. The van der Waals surface area contributed by atoms with Crippen molar-refractivity contribution < 1.29 is 33.9 Å². The van der Waals surface area contributed by atoms with Crippen molar-refractivity contribution in [3.8, 4) is 0 Å². The molecule has 0 unspecified atom stereocenters. The fourth-order valence-electron chi connectivity index (χ4n) is 1.39. The van der Waals surface area contributed by atoms with Crippen molar-refractivity contribution in [2.45, 2.75) is 25.5 Å². The van der Waals surface area contributed by atoms with E-state index in [2.05, 4.69) is 10.5 Å². The van der Waals surface area contributed by atoms with Crippen LogP contribution < -0.4 is 5.32 Å². The Morgan fingerprint density at radius 1 is 1.45 bits per heavy atom. The maximum atomic E-state index is 11.7. The largest absolute Gasteiger partial charge is 0.481 e. The topological polar surface area (TPSA) is 139 Å². The zero-order valence-corrected chi connectivity index (χ0v) is 10.7. The molecule has 1 rings (SSSR count). The Labute approximate surface area is 113 Å². The molecule has 0 aliphatic carbocycles. The van der Waals surface area contributed by atoms with Gasteiger partial charge in [-0.25, -0.2) is 4.79 Å². The van der Waals surface area contributed by atoms with Crippen molar-refractivity contribution in [1.29, 1.82) is 0 Å². The van der Waals surface area contributed by atoms with E-state index in [4.69, 9.17) is 19.5 Å². The lowest BCUT2D eigenvalue weighted by Crippen LogP contribution is -2.41. The van der Waals surface area contributed by atoms with Crippen LogP contribution in [0.1, 0.15) is 29.1 Å². The van der Waals surface area contributed by atoms with Crippen LogP contribution in [0, 0.1) is 0 Å². The van der Waals surface area contributed by atoms with Gasteiger partial charge in [0.2, 0.25) is 0 Å². The van der Waals surface area contributed by atoms with Crippen LogP contribution >= 0.6 is 0 Å². The zero-order chi connectivity index (χ0) is 15.1. The predicted octanol–water partition coefficient (Wildman–Crippen LogP) is -0.131. The van der Waals surface area contributed by atoms with Gasteiger partial charge in [-0.15, -0.1) is 0 Å². The van der Waals surface area contributed by atoms with E-state index >= 15 is 0 Å². The molecule has 0 spiro atoms. The van der Waals surface area contributed by atoms with Gasteiger partial charge in [-0.1, -0.05) is 5.16 Å². The molecule has 9 heteroatoms. The van der Waals surface area contributed by atoms with E-state index < -0.39 is 23.9 Å². The summed E-state index contributed by atoms with van der Waals surface area (Å²) in [5.41, 5.74) is -0.0985. The van der Waals surface area contributed by atoms with Gasteiger partial charge in [0.05, 0.1) is 0 Å². The second kappa shape index (κ2) is 7.24. The van der Waals surface area contributed by atoms with Crippen molar-refractivity contribution in [1.82, 2.24) is 10.5 Å². The SMILES string of the molecule is COCc1cc(C(=O)N[C@@H](CCC(=O)O)C(=O)O)no1. The molecular formula is C11H14N2O7. The molecule has 1 aromatic rings. The highest BCUT2D eigenvalue weighted by Crippen LogP contribution is 2.06. The number of nitrogens with zero attached hydrogens (tertiary/aromatic N) is 1. The first-order chi connectivity index (χ1) is 9.43. The third-order valence-electron chi connectivity index (χ3n) is 2.33. The Bertz CT molecular complexity index is 497. The minimum atomic E-state index is -1.32. The van der Waals surface area contributed by atoms with Gasteiger partial charge >= 0.3 is 11.9 Å². The molecule has 9 nitrogen and oxygen atoms in total. The van der Waals surface area contributed by atoms with Gasteiger partial charge in [0.15, 0.2) is 11.5 Å². The fourth-order valence-corrected chi connectivity index (χ4v) is 1.39. The van der Waals surface area contributed by atoms with Gasteiger partial charge in [-0.05, 0) is 6.42 Å². The third-order valence-corrected chi connectivity index (χ3v) is 2.33. The van der Waals surface area contributed by atoms with Crippen molar-refractivity contribution >= 4 is 17.8 Å². The van der Waals surface area contributed by atoms with E-state index in [0.29, 0.717) is 5.76 Å². The Balaban J connectivity index is 2.64. The van der Waals surface area contributed by atoms with Crippen LogP contribution in [0.25, 0.3) is 0 Å². The summed E-state index contributed by atoms with van der Waals surface area (Å²) in [6, 6.07) is 0.00996. The van der Waals surface area contributed by atoms with E-state index in [1.807, 2.05) is 0 Å². The monoisotopic (exact) mass is 286 g/mol. The van der Waals surface area contributed by atoms with Gasteiger partial charge in [0.25, 0.3) is 5.91 Å². The normalized spacial score (nSPS) is 11.8. The quantitative estimate of drug-likeness (QED) is 0.600. The maximum absolute atomic E-state index is 11.7. The van der Waals surface area contributed by atoms with E-state index in [1.54, 1.807) is 0 Å². The first-order valence-corrected chi connectivity index (χ1v) is 5.64. The number of aliphatic carboxylic acids is 2. The summed E-state index contributed by atoms with van der Waals surface area (Å²) < 4.78 is 9.57. The molecule has 1 heterocycles. The molecule has 1 aromatic heterocycles. The molecule has 20 heavy (non-hydrogen) atoms. The van der Waals surface area contributed by atoms with Crippen LogP contribution in [0.4, 0.5) is 0 Å². The molecule has 110 valence electrons. The number of hydrogen-bond donors (Lipinski definition) is 3. The van der Waals surface area contributed by atoms with Crippen molar-refractivity contribution in [2.24, 2.45) is 0 Å². The summed E-state index contributed by atoms with van der Waals surface area (Å²) in [5, 5.41) is 23.1. The standard InChI is InChI=1S/C11H14N2O7/c1-19-5-6-4-8(13-20-6)10(16)12-7(11(17)18)2-3-9(14)15/h4,7H,2-3,5H2,1H3,(H,12,16)(H,14,15)(H,17,18)/t7-/m0/s1. The number of carbonyl (C=O) groups excluding carboxylic acids is 1. The number of carbonyl (C=O) groups is 3. The number of carboxylic acids is 2. The Morgan fingerprint density at radius 2 is 2.15 bits per heavy atom. The van der Waals surface area contributed by atoms with Crippen molar-refractivity contribution in [3.05, 3.63) is 17.5 Å². The summed E-state index contributed by atoms with van der Waals surface area (Å²) in [6.07, 6.45) is -0.593. The van der Waals surface area contributed by atoms with Crippen LogP contribution in [-0.4, -0.2) is 46.4 Å². The Kier molecular flexibility index (Phi) is 5.66. The fraction of sp³-hybridized carbons (Fsp3) is 0.455. The van der Waals surface area contributed by atoms with E-state index in [-0.39, 0.29) is 25.1 Å². The number of aromatic nitrogens is 1. The van der Waals surface area contributed by atoms with Crippen LogP contribution in [0.3, 0.4) is 0 Å². The number of nitrogens with one attached hydrogen (secondary N) is 1. The second-order valence-corrected chi connectivity index (χ2v) is 3.91. The first-order valence-electron chi connectivity index (χ1n) is 5.64. The van der Waals surface area contributed by atoms with E-state index in [9.17, 15) is 14.4 Å². The van der Waals surface area contributed by atoms with Gasteiger partial charge in [0, 0.05) is 19.6 Å². The average Bonchev–Trinajstić information content (AvgIpc) is 2.82. The predicted molar refractivity (Wildman–Crippen MR) is 63.0 cm³/mol. The number of methoxy groups -OCH3 is 1. The Hall–Kier alpha value is -2.42. The number of hydrogen-bond acceptors (Lipinski definition) is 6. The molecule has 3 N–H and O–H groups in total. The molecule has 0 aromatic carbocycles. The average molecular weight is 286 g/mol. The van der Waals surface area contributed by atoms with E-state index in [1.165, 1.54) is 13.2 Å². The molecule has 0 aliphatic rings. The third kappa shape index (κ3) is 4.69. The first kappa shape index (κ1) is 15.6. The molecule has 1 atom stereocenters. The summed E-state index contributed by atoms with van der Waals surface area (Å²) in [7, 11) is 1.44. The minimum Gasteiger partial charge on any atom is -0.481 e. The Morgan fingerprint density at radius 3 is 2.70 bits per heavy atom. The second-order valence-electron chi connectivity index (χ2n) is 3.91. The van der Waals surface area contributed by atoms with Crippen LogP contribution in [-0.2, 0) is 20.9 Å². The zero-order valence-electron chi connectivity index (χ0n) is 10.7. The van der Waals surface area contributed by atoms with Crippen LogP contribution in [0.5, 0.6) is 0 Å². The smallest absolute Gasteiger partial charge is 0.326 e. The molecule has 0 radical (unpaired) electrons. The lowest BCUT2D eigenvalue weighted by Gasteiger charge is -2.11. The molecule has 0 aliphatic heterocycles. The van der Waals surface area contributed by atoms with Crippen molar-refractivity contribution in [2.75, 3.05) is 7.11 Å². The number of amides is 1.